The second kappa shape index (κ2) is 6.60. The number of carbonyl (C=O) groups is 2. The lowest BCUT2D eigenvalue weighted by Gasteiger charge is -2.59. The average Bonchev–Trinajstić information content (AvgIpc) is 2.60. The van der Waals surface area contributed by atoms with Crippen LogP contribution in [0.5, 0.6) is 0 Å². The summed E-state index contributed by atoms with van der Waals surface area (Å²) < 4.78 is 4.79. The summed E-state index contributed by atoms with van der Waals surface area (Å²) in [4.78, 5) is 24.5. The molecule has 0 spiro atoms. The molecular weight excluding hydrogens is 328 g/mol. The van der Waals surface area contributed by atoms with Crippen molar-refractivity contribution in [3.8, 4) is 0 Å². The molecule has 1 atom stereocenters. The maximum atomic E-state index is 12.6. The largest absolute Gasteiger partial charge is 0.465 e. The van der Waals surface area contributed by atoms with Crippen LogP contribution in [0.2, 0.25) is 0 Å². The fraction of sp³-hybridized carbons (Fsp3) is 0.619. The number of hydrogen-bond donors (Lipinski definition) is 2. The summed E-state index contributed by atoms with van der Waals surface area (Å²) in [5, 5.41) is 6.01. The molecule has 4 fully saturated rings. The molecule has 4 aliphatic carbocycles. The standard InChI is InChI=1S/C21H28N2O3/c1-13(21-10-14-7-15(11-21)9-16(8-14)12-21)22-20(25)23-18-6-4-3-5-17(18)19(24)26-2/h3-6,13-16H,7-12H2,1-2H3,(H2,22,23,25)/t13-,14?,15?,16?,21?/m1/s1. The lowest BCUT2D eigenvalue weighted by Crippen LogP contribution is -2.56. The molecule has 4 aliphatic rings. The number of urea groups is 1. The van der Waals surface area contributed by atoms with Crippen molar-refractivity contribution in [3.63, 3.8) is 0 Å². The molecule has 4 saturated carbocycles. The number of ether oxygens (including phenoxy) is 1. The molecule has 0 aromatic heterocycles. The maximum absolute atomic E-state index is 12.6. The van der Waals surface area contributed by atoms with Crippen LogP contribution in [0.1, 0.15) is 55.8 Å². The number of nitrogens with one attached hydrogen (secondary N) is 2. The highest BCUT2D eigenvalue weighted by Gasteiger charge is 2.53. The monoisotopic (exact) mass is 356 g/mol. The molecule has 0 saturated heterocycles. The van der Waals surface area contributed by atoms with E-state index in [9.17, 15) is 9.59 Å². The minimum atomic E-state index is -0.449. The van der Waals surface area contributed by atoms with Crippen LogP contribution in [0, 0.1) is 23.2 Å². The molecule has 2 amide bonds. The van der Waals surface area contributed by atoms with Crippen LogP contribution >= 0.6 is 0 Å². The fourth-order valence-electron chi connectivity index (χ4n) is 6.10. The first kappa shape index (κ1) is 17.4. The van der Waals surface area contributed by atoms with Gasteiger partial charge >= 0.3 is 12.0 Å². The quantitative estimate of drug-likeness (QED) is 0.795. The van der Waals surface area contributed by atoms with Crippen molar-refractivity contribution in [2.45, 2.75) is 51.5 Å². The highest BCUT2D eigenvalue weighted by Crippen LogP contribution is 2.61. The number of carbonyl (C=O) groups excluding carboxylic acids is 2. The third-order valence-corrected chi connectivity index (χ3v) is 6.93. The summed E-state index contributed by atoms with van der Waals surface area (Å²) in [6.07, 6.45) is 7.93. The zero-order valence-corrected chi connectivity index (χ0v) is 15.6. The van der Waals surface area contributed by atoms with E-state index >= 15 is 0 Å². The van der Waals surface area contributed by atoms with E-state index in [4.69, 9.17) is 4.74 Å². The van der Waals surface area contributed by atoms with Crippen molar-refractivity contribution in [2.75, 3.05) is 12.4 Å². The SMILES string of the molecule is COC(=O)c1ccccc1NC(=O)N[C@H](C)C12CC3CC(CC(C3)C1)C2. The Morgan fingerprint density at radius 1 is 1.08 bits per heavy atom. The second-order valence-electron chi connectivity index (χ2n) is 8.64. The number of esters is 1. The predicted octanol–water partition coefficient (Wildman–Crippen LogP) is 4.20. The first-order valence-corrected chi connectivity index (χ1v) is 9.74. The van der Waals surface area contributed by atoms with Crippen molar-refractivity contribution in [3.05, 3.63) is 29.8 Å². The van der Waals surface area contributed by atoms with Gasteiger partial charge in [-0.2, -0.15) is 0 Å². The zero-order chi connectivity index (χ0) is 18.3. The van der Waals surface area contributed by atoms with Crippen LogP contribution in [-0.4, -0.2) is 25.2 Å². The molecule has 5 nitrogen and oxygen atoms in total. The topological polar surface area (TPSA) is 67.4 Å². The average molecular weight is 356 g/mol. The molecule has 0 radical (unpaired) electrons. The fourth-order valence-corrected chi connectivity index (χ4v) is 6.10. The van der Waals surface area contributed by atoms with Crippen molar-refractivity contribution in [1.82, 2.24) is 5.32 Å². The summed E-state index contributed by atoms with van der Waals surface area (Å²) in [5.74, 6) is 2.12. The van der Waals surface area contributed by atoms with Gasteiger partial charge in [0.15, 0.2) is 0 Å². The molecular formula is C21H28N2O3. The minimum Gasteiger partial charge on any atom is -0.465 e. The minimum absolute atomic E-state index is 0.140. The van der Waals surface area contributed by atoms with Crippen molar-refractivity contribution in [1.29, 1.82) is 0 Å². The smallest absolute Gasteiger partial charge is 0.339 e. The van der Waals surface area contributed by atoms with Gasteiger partial charge < -0.3 is 15.4 Å². The molecule has 4 bridgehead atoms. The van der Waals surface area contributed by atoms with Gasteiger partial charge in [0, 0.05) is 6.04 Å². The Hall–Kier alpha value is -2.04. The van der Waals surface area contributed by atoms with E-state index < -0.39 is 5.97 Å². The highest BCUT2D eigenvalue weighted by molar-refractivity contribution is 6.00. The third kappa shape index (κ3) is 3.08. The van der Waals surface area contributed by atoms with E-state index in [1.54, 1.807) is 24.3 Å². The molecule has 0 aliphatic heterocycles. The number of rotatable bonds is 4. The first-order chi connectivity index (χ1) is 12.5. The summed E-state index contributed by atoms with van der Waals surface area (Å²) in [6.45, 7) is 2.15. The first-order valence-electron chi connectivity index (χ1n) is 9.74. The molecule has 2 N–H and O–H groups in total. The van der Waals surface area contributed by atoms with Crippen LogP contribution in [0.3, 0.4) is 0 Å². The Balaban J connectivity index is 1.44. The van der Waals surface area contributed by atoms with Gasteiger partial charge in [-0.3, -0.25) is 0 Å². The van der Waals surface area contributed by atoms with E-state index in [0.29, 0.717) is 11.3 Å². The summed E-state index contributed by atoms with van der Waals surface area (Å²) in [5.41, 5.74) is 1.11. The van der Waals surface area contributed by atoms with Gasteiger partial charge in [-0.25, -0.2) is 9.59 Å². The van der Waals surface area contributed by atoms with E-state index in [1.165, 1.54) is 45.6 Å². The molecule has 0 unspecified atom stereocenters. The Morgan fingerprint density at radius 3 is 2.23 bits per heavy atom. The molecule has 1 aromatic carbocycles. The van der Waals surface area contributed by atoms with Crippen LogP contribution < -0.4 is 10.6 Å². The number of hydrogen-bond acceptors (Lipinski definition) is 3. The molecule has 1 aromatic rings. The molecule has 26 heavy (non-hydrogen) atoms. The summed E-state index contributed by atoms with van der Waals surface area (Å²) >= 11 is 0. The summed E-state index contributed by atoms with van der Waals surface area (Å²) in [6, 6.07) is 6.83. The Labute approximate surface area is 154 Å². The van der Waals surface area contributed by atoms with E-state index in [2.05, 4.69) is 17.6 Å². The molecule has 0 heterocycles. The molecule has 5 rings (SSSR count). The van der Waals surface area contributed by atoms with Gasteiger partial charge in [-0.15, -0.1) is 0 Å². The number of methoxy groups -OCH3 is 1. The van der Waals surface area contributed by atoms with Gasteiger partial charge in [0.05, 0.1) is 18.4 Å². The maximum Gasteiger partial charge on any atom is 0.339 e. The molecule has 5 heteroatoms. The van der Waals surface area contributed by atoms with Crippen LogP contribution in [0.25, 0.3) is 0 Å². The van der Waals surface area contributed by atoms with Gasteiger partial charge in [-0.1, -0.05) is 12.1 Å². The second-order valence-corrected chi connectivity index (χ2v) is 8.64. The number of para-hydroxylation sites is 1. The van der Waals surface area contributed by atoms with Gasteiger partial charge in [-0.05, 0) is 80.8 Å². The highest BCUT2D eigenvalue weighted by atomic mass is 16.5. The molecule has 140 valence electrons. The van der Waals surface area contributed by atoms with Crippen LogP contribution in [-0.2, 0) is 4.74 Å². The third-order valence-electron chi connectivity index (χ3n) is 6.93. The Bertz CT molecular complexity index is 680. The number of amides is 2. The van der Waals surface area contributed by atoms with E-state index in [0.717, 1.165) is 17.8 Å². The van der Waals surface area contributed by atoms with Crippen LogP contribution in [0.15, 0.2) is 24.3 Å². The Kier molecular flexibility index (Phi) is 4.41. The van der Waals surface area contributed by atoms with Crippen molar-refractivity contribution in [2.24, 2.45) is 23.2 Å². The van der Waals surface area contributed by atoms with E-state index in [-0.39, 0.29) is 17.5 Å². The normalized spacial score (nSPS) is 32.8. The van der Waals surface area contributed by atoms with Crippen molar-refractivity contribution < 1.29 is 14.3 Å². The van der Waals surface area contributed by atoms with E-state index in [1.807, 2.05) is 0 Å². The Morgan fingerprint density at radius 2 is 1.65 bits per heavy atom. The predicted molar refractivity (Wildman–Crippen MR) is 100 cm³/mol. The van der Waals surface area contributed by atoms with Crippen LogP contribution in [0.4, 0.5) is 10.5 Å². The lowest BCUT2D eigenvalue weighted by atomic mass is 9.48. The zero-order valence-electron chi connectivity index (χ0n) is 15.6. The number of anilines is 1. The van der Waals surface area contributed by atoms with Gasteiger partial charge in [0.25, 0.3) is 0 Å². The lowest BCUT2D eigenvalue weighted by molar-refractivity contribution is -0.0679. The number of benzene rings is 1. The van der Waals surface area contributed by atoms with Crippen molar-refractivity contribution >= 4 is 17.7 Å². The van der Waals surface area contributed by atoms with Gasteiger partial charge in [0.1, 0.15) is 0 Å². The summed E-state index contributed by atoms with van der Waals surface area (Å²) in [7, 11) is 1.34. The van der Waals surface area contributed by atoms with Gasteiger partial charge in [0.2, 0.25) is 0 Å².